The molecular formula is C19H20ClN3O4S3. The van der Waals surface area contributed by atoms with E-state index in [2.05, 4.69) is 9.71 Å². The van der Waals surface area contributed by atoms with Crippen LogP contribution in [0.25, 0.3) is 0 Å². The first-order chi connectivity index (χ1) is 14.3. The Kier molecular flexibility index (Phi) is 5.95. The van der Waals surface area contributed by atoms with Crippen LogP contribution < -0.4 is 10.1 Å². The van der Waals surface area contributed by atoms with E-state index in [4.69, 9.17) is 11.6 Å². The number of phenols is 2. The van der Waals surface area contributed by atoms with E-state index < -0.39 is 10.0 Å². The van der Waals surface area contributed by atoms with Crippen molar-refractivity contribution in [3.05, 3.63) is 55.6 Å². The zero-order valence-corrected chi connectivity index (χ0v) is 19.2. The number of benzene rings is 1. The smallest absolute Gasteiger partial charge is 0.294 e. The molecule has 0 radical (unpaired) electrons. The SMILES string of the molecule is CCCn1c(Cl)c([C@H]2NCCc3cc(O)c(O)cc32)sc1=NS(=O)(=O)c1cccs1. The van der Waals surface area contributed by atoms with Crippen LogP contribution in [0.5, 0.6) is 11.5 Å². The fourth-order valence-electron chi connectivity index (χ4n) is 3.45. The number of thiophene rings is 1. The van der Waals surface area contributed by atoms with Gasteiger partial charge in [0.05, 0.1) is 10.9 Å². The standard InChI is InChI=1S/C19H20ClN3O4S3/c1-2-7-23-18(20)17(29-19(23)22-30(26,27)15-4-3-8-28-15)16-12-10-14(25)13(24)9-11(12)5-6-21-16/h3-4,8-10,16,21,24-25H,2,5-7H2,1H3/t16-/m0/s1. The van der Waals surface area contributed by atoms with Crippen LogP contribution in [0, 0.1) is 0 Å². The summed E-state index contributed by atoms with van der Waals surface area (Å²) in [6.45, 7) is 3.16. The Bertz CT molecular complexity index is 1250. The molecule has 1 aromatic carbocycles. The largest absolute Gasteiger partial charge is 0.504 e. The molecular weight excluding hydrogens is 466 g/mol. The van der Waals surface area contributed by atoms with Crippen molar-refractivity contribution in [2.24, 2.45) is 4.40 Å². The topological polar surface area (TPSA) is 104 Å². The highest BCUT2D eigenvalue weighted by molar-refractivity contribution is 7.92. The van der Waals surface area contributed by atoms with E-state index in [1.54, 1.807) is 22.1 Å². The number of hydrogen-bond acceptors (Lipinski definition) is 7. The summed E-state index contributed by atoms with van der Waals surface area (Å²) in [6.07, 6.45) is 1.45. The van der Waals surface area contributed by atoms with Crippen LogP contribution in [-0.2, 0) is 23.0 Å². The Labute approximate surface area is 187 Å². The summed E-state index contributed by atoms with van der Waals surface area (Å²) in [5.74, 6) is -0.368. The molecule has 7 nitrogen and oxygen atoms in total. The van der Waals surface area contributed by atoms with Gasteiger partial charge in [-0.05, 0) is 47.5 Å². The van der Waals surface area contributed by atoms with Crippen LogP contribution >= 0.6 is 34.3 Å². The number of sulfonamides is 1. The third kappa shape index (κ3) is 3.90. The normalized spacial score (nSPS) is 17.3. The van der Waals surface area contributed by atoms with Crippen LogP contribution in [0.4, 0.5) is 0 Å². The van der Waals surface area contributed by atoms with Gasteiger partial charge in [0.15, 0.2) is 11.5 Å². The van der Waals surface area contributed by atoms with Gasteiger partial charge in [0, 0.05) is 13.1 Å². The first kappa shape index (κ1) is 21.4. The average Bonchev–Trinajstić information content (AvgIpc) is 3.34. The third-order valence-electron chi connectivity index (χ3n) is 4.82. The van der Waals surface area contributed by atoms with Crippen molar-refractivity contribution in [3.8, 4) is 11.5 Å². The summed E-state index contributed by atoms with van der Waals surface area (Å²) >= 11 is 9.03. The van der Waals surface area contributed by atoms with Crippen molar-refractivity contribution in [3.63, 3.8) is 0 Å². The maximum Gasteiger partial charge on any atom is 0.294 e. The molecule has 0 amide bonds. The van der Waals surface area contributed by atoms with E-state index in [0.717, 1.165) is 33.8 Å². The molecule has 0 unspecified atom stereocenters. The number of nitrogens with one attached hydrogen (secondary N) is 1. The molecule has 1 aliphatic rings. The summed E-state index contributed by atoms with van der Waals surface area (Å²) in [4.78, 5) is 1.03. The summed E-state index contributed by atoms with van der Waals surface area (Å²) in [6, 6.07) is 5.95. The van der Waals surface area contributed by atoms with Crippen LogP contribution in [-0.4, -0.2) is 29.7 Å². The number of nitrogens with zero attached hydrogens (tertiary/aromatic N) is 2. The number of phenolic OH excluding ortho intramolecular Hbond substituents is 2. The number of hydrogen-bond donors (Lipinski definition) is 3. The number of aromatic hydroxyl groups is 2. The van der Waals surface area contributed by atoms with Crippen molar-refractivity contribution in [1.29, 1.82) is 0 Å². The quantitative estimate of drug-likeness (QED) is 0.479. The highest BCUT2D eigenvalue weighted by atomic mass is 35.5. The van der Waals surface area contributed by atoms with Crippen LogP contribution in [0.2, 0.25) is 5.15 Å². The molecule has 0 saturated carbocycles. The molecule has 30 heavy (non-hydrogen) atoms. The molecule has 0 fully saturated rings. The lowest BCUT2D eigenvalue weighted by atomic mass is 9.93. The first-order valence-electron chi connectivity index (χ1n) is 9.33. The predicted octanol–water partition coefficient (Wildman–Crippen LogP) is 3.61. The molecule has 11 heteroatoms. The molecule has 3 heterocycles. The Balaban J connectivity index is 1.87. The van der Waals surface area contributed by atoms with Gasteiger partial charge in [-0.3, -0.25) is 0 Å². The van der Waals surface area contributed by atoms with E-state index in [1.807, 2.05) is 6.92 Å². The Morgan fingerprint density at radius 3 is 2.80 bits per heavy atom. The second-order valence-corrected chi connectivity index (χ2v) is 11.0. The third-order valence-corrected chi connectivity index (χ3v) is 9.24. The van der Waals surface area contributed by atoms with Crippen LogP contribution in [0.3, 0.4) is 0 Å². The maximum absolute atomic E-state index is 12.7. The predicted molar refractivity (Wildman–Crippen MR) is 118 cm³/mol. The van der Waals surface area contributed by atoms with E-state index in [0.29, 0.717) is 29.5 Å². The van der Waals surface area contributed by atoms with Gasteiger partial charge in [-0.2, -0.15) is 8.42 Å². The zero-order chi connectivity index (χ0) is 21.5. The van der Waals surface area contributed by atoms with Gasteiger partial charge >= 0.3 is 0 Å². The number of aromatic nitrogens is 1. The molecule has 1 aliphatic heterocycles. The summed E-state index contributed by atoms with van der Waals surface area (Å²) in [5, 5.41) is 25.3. The summed E-state index contributed by atoms with van der Waals surface area (Å²) in [5.41, 5.74) is 1.71. The second kappa shape index (κ2) is 8.35. The van der Waals surface area contributed by atoms with E-state index in [9.17, 15) is 18.6 Å². The fraction of sp³-hybridized carbons (Fsp3) is 0.316. The molecule has 1 atom stereocenters. The maximum atomic E-state index is 12.7. The lowest BCUT2D eigenvalue weighted by molar-refractivity contribution is 0.400. The Morgan fingerprint density at radius 2 is 2.10 bits per heavy atom. The van der Waals surface area contributed by atoms with Gasteiger partial charge in [-0.25, -0.2) is 0 Å². The molecule has 0 aliphatic carbocycles. The molecule has 0 bridgehead atoms. The van der Waals surface area contributed by atoms with Crippen LogP contribution in [0.1, 0.15) is 35.4 Å². The zero-order valence-electron chi connectivity index (χ0n) is 16.0. The summed E-state index contributed by atoms with van der Waals surface area (Å²) in [7, 11) is -3.84. The molecule has 4 rings (SSSR count). The minimum absolute atomic E-state index is 0.162. The van der Waals surface area contributed by atoms with E-state index in [-0.39, 0.29) is 21.8 Å². The van der Waals surface area contributed by atoms with Crippen molar-refractivity contribution in [2.45, 2.75) is 36.6 Å². The van der Waals surface area contributed by atoms with Crippen molar-refractivity contribution in [2.75, 3.05) is 6.54 Å². The van der Waals surface area contributed by atoms with Crippen molar-refractivity contribution < 1.29 is 18.6 Å². The number of rotatable bonds is 5. The highest BCUT2D eigenvalue weighted by Gasteiger charge is 2.28. The molecule has 0 spiro atoms. The van der Waals surface area contributed by atoms with E-state index >= 15 is 0 Å². The second-order valence-electron chi connectivity index (χ2n) is 6.87. The highest BCUT2D eigenvalue weighted by Crippen LogP contribution is 2.39. The fourth-order valence-corrected chi connectivity index (χ4v) is 7.20. The van der Waals surface area contributed by atoms with Crippen LogP contribution in [0.15, 0.2) is 38.3 Å². The summed E-state index contributed by atoms with van der Waals surface area (Å²) < 4.78 is 31.4. The van der Waals surface area contributed by atoms with Gasteiger partial charge in [0.1, 0.15) is 9.36 Å². The number of thiazole rings is 1. The Morgan fingerprint density at radius 1 is 1.33 bits per heavy atom. The minimum atomic E-state index is -3.84. The monoisotopic (exact) mass is 485 g/mol. The lowest BCUT2D eigenvalue weighted by Gasteiger charge is -2.26. The average molecular weight is 486 g/mol. The molecule has 160 valence electrons. The number of fused-ring (bicyclic) bond motifs is 1. The lowest BCUT2D eigenvalue weighted by Crippen LogP contribution is -2.30. The minimum Gasteiger partial charge on any atom is -0.504 e. The van der Waals surface area contributed by atoms with Gasteiger partial charge in [-0.15, -0.1) is 15.7 Å². The molecule has 2 aromatic heterocycles. The first-order valence-corrected chi connectivity index (χ1v) is 12.8. The van der Waals surface area contributed by atoms with Crippen molar-refractivity contribution in [1.82, 2.24) is 9.88 Å². The Hall–Kier alpha value is -1.85. The van der Waals surface area contributed by atoms with Gasteiger partial charge in [0.25, 0.3) is 10.0 Å². The van der Waals surface area contributed by atoms with Crippen molar-refractivity contribution >= 4 is 44.3 Å². The molecule has 0 saturated heterocycles. The molecule has 3 N–H and O–H groups in total. The number of halogens is 1. The van der Waals surface area contributed by atoms with E-state index in [1.165, 1.54) is 23.5 Å². The van der Waals surface area contributed by atoms with Gasteiger partial charge in [0.2, 0.25) is 4.80 Å². The molecule has 3 aromatic rings. The van der Waals surface area contributed by atoms with Gasteiger partial charge in [-0.1, -0.05) is 35.9 Å². The van der Waals surface area contributed by atoms with Gasteiger partial charge < -0.3 is 20.1 Å².